The van der Waals surface area contributed by atoms with Crippen LogP contribution in [0.1, 0.15) is 42.1 Å². The van der Waals surface area contributed by atoms with Crippen molar-refractivity contribution in [1.29, 1.82) is 0 Å². The first-order valence-electron chi connectivity index (χ1n) is 7.54. The smallest absolute Gasteiger partial charge is 0.123 e. The monoisotopic (exact) mass is 284 g/mol. The van der Waals surface area contributed by atoms with Crippen molar-refractivity contribution in [3.8, 4) is 0 Å². The van der Waals surface area contributed by atoms with Crippen LogP contribution in [0, 0.1) is 5.82 Å². The predicted molar refractivity (Wildman–Crippen MR) is 83.5 cm³/mol. The van der Waals surface area contributed by atoms with Crippen molar-refractivity contribution >= 4 is 0 Å². The van der Waals surface area contributed by atoms with Crippen molar-refractivity contribution in [2.24, 2.45) is 0 Å². The van der Waals surface area contributed by atoms with E-state index in [0.29, 0.717) is 6.04 Å². The third-order valence-corrected chi connectivity index (χ3v) is 4.18. The highest BCUT2D eigenvalue weighted by Crippen LogP contribution is 2.26. The van der Waals surface area contributed by atoms with Crippen LogP contribution in [0.5, 0.6) is 0 Å². The maximum atomic E-state index is 13.0. The molecule has 21 heavy (non-hydrogen) atoms. The minimum Gasteiger partial charge on any atom is -0.313 e. The van der Waals surface area contributed by atoms with Gasteiger partial charge in [-0.2, -0.15) is 0 Å². The van der Waals surface area contributed by atoms with Gasteiger partial charge in [0.05, 0.1) is 0 Å². The van der Waals surface area contributed by atoms with Gasteiger partial charge in [0.1, 0.15) is 5.82 Å². The first-order valence-corrected chi connectivity index (χ1v) is 7.54. The van der Waals surface area contributed by atoms with Crippen LogP contribution in [0.3, 0.4) is 0 Å². The molecule has 2 aromatic rings. The van der Waals surface area contributed by atoms with Gasteiger partial charge in [0, 0.05) is 18.6 Å². The highest BCUT2D eigenvalue weighted by Gasteiger charge is 2.20. The Bertz CT molecular complexity index is 594. The Morgan fingerprint density at radius 1 is 1.14 bits per heavy atom. The molecule has 0 saturated heterocycles. The normalized spacial score (nSPS) is 19.6. The fourth-order valence-corrected chi connectivity index (χ4v) is 2.98. The molecule has 2 aromatic carbocycles. The number of halogens is 1. The van der Waals surface area contributed by atoms with Gasteiger partial charge < -0.3 is 10.6 Å². The summed E-state index contributed by atoms with van der Waals surface area (Å²) in [6.07, 6.45) is 1.06. The Labute approximate surface area is 125 Å². The molecule has 2 N–H and O–H groups in total. The zero-order chi connectivity index (χ0) is 14.7. The molecular weight excluding hydrogens is 263 g/mol. The Morgan fingerprint density at radius 3 is 2.71 bits per heavy atom. The van der Waals surface area contributed by atoms with Crippen LogP contribution in [-0.2, 0) is 6.54 Å². The first kappa shape index (κ1) is 14.2. The molecule has 110 valence electrons. The van der Waals surface area contributed by atoms with Crippen LogP contribution in [0.15, 0.2) is 48.5 Å². The molecule has 1 aliphatic heterocycles. The zero-order valence-corrected chi connectivity index (χ0v) is 12.3. The van der Waals surface area contributed by atoms with Gasteiger partial charge in [-0.25, -0.2) is 4.39 Å². The highest BCUT2D eigenvalue weighted by atomic mass is 19.1. The largest absolute Gasteiger partial charge is 0.313 e. The topological polar surface area (TPSA) is 24.1 Å². The zero-order valence-electron chi connectivity index (χ0n) is 12.3. The van der Waals surface area contributed by atoms with Crippen molar-refractivity contribution in [1.82, 2.24) is 10.6 Å². The van der Waals surface area contributed by atoms with E-state index in [0.717, 1.165) is 25.1 Å². The SMILES string of the molecule is CC(NC1CCNCc2ccccc21)c1ccc(F)cc1. The van der Waals surface area contributed by atoms with Crippen LogP contribution >= 0.6 is 0 Å². The molecule has 0 bridgehead atoms. The molecule has 3 rings (SSSR count). The van der Waals surface area contributed by atoms with Crippen molar-refractivity contribution in [3.63, 3.8) is 0 Å². The molecule has 0 saturated carbocycles. The Hall–Kier alpha value is -1.71. The van der Waals surface area contributed by atoms with E-state index in [1.807, 2.05) is 12.1 Å². The van der Waals surface area contributed by atoms with Gasteiger partial charge >= 0.3 is 0 Å². The fourth-order valence-electron chi connectivity index (χ4n) is 2.98. The van der Waals surface area contributed by atoms with Crippen LogP contribution in [0.4, 0.5) is 4.39 Å². The second-order valence-corrected chi connectivity index (χ2v) is 5.66. The molecule has 2 nitrogen and oxygen atoms in total. The highest BCUT2D eigenvalue weighted by molar-refractivity contribution is 5.31. The van der Waals surface area contributed by atoms with Gasteiger partial charge in [-0.3, -0.25) is 0 Å². The van der Waals surface area contributed by atoms with Gasteiger partial charge in [-0.05, 0) is 48.7 Å². The average molecular weight is 284 g/mol. The molecule has 0 spiro atoms. The lowest BCUT2D eigenvalue weighted by atomic mass is 9.97. The number of nitrogens with one attached hydrogen (secondary N) is 2. The maximum Gasteiger partial charge on any atom is 0.123 e. The van der Waals surface area contributed by atoms with Crippen LogP contribution < -0.4 is 10.6 Å². The fraction of sp³-hybridized carbons (Fsp3) is 0.333. The summed E-state index contributed by atoms with van der Waals surface area (Å²) in [6.45, 7) is 4.07. The summed E-state index contributed by atoms with van der Waals surface area (Å²) < 4.78 is 13.0. The average Bonchev–Trinajstić information content (AvgIpc) is 2.71. The summed E-state index contributed by atoms with van der Waals surface area (Å²) in [5, 5.41) is 7.15. The van der Waals surface area contributed by atoms with Gasteiger partial charge in [-0.15, -0.1) is 0 Å². The molecule has 2 unspecified atom stereocenters. The lowest BCUT2D eigenvalue weighted by molar-refractivity contribution is 0.443. The molecular formula is C18H21FN2. The standard InChI is InChI=1S/C18H21FN2/c1-13(14-6-8-16(19)9-7-14)21-18-10-11-20-12-15-4-2-3-5-17(15)18/h2-9,13,18,20-21H,10-12H2,1H3. The second-order valence-electron chi connectivity index (χ2n) is 5.66. The van der Waals surface area contributed by atoms with Crippen LogP contribution in [-0.4, -0.2) is 6.54 Å². The number of fused-ring (bicyclic) bond motifs is 1. The molecule has 0 radical (unpaired) electrons. The van der Waals surface area contributed by atoms with Crippen molar-refractivity contribution in [2.75, 3.05) is 6.54 Å². The van der Waals surface area contributed by atoms with E-state index >= 15 is 0 Å². The maximum absolute atomic E-state index is 13.0. The number of rotatable bonds is 3. The molecule has 2 atom stereocenters. The van der Waals surface area contributed by atoms with Gasteiger partial charge in [0.25, 0.3) is 0 Å². The lowest BCUT2D eigenvalue weighted by Gasteiger charge is -2.24. The minimum absolute atomic E-state index is 0.185. The van der Waals surface area contributed by atoms with Crippen molar-refractivity contribution in [3.05, 3.63) is 71.0 Å². The predicted octanol–water partition coefficient (Wildman–Crippen LogP) is 3.71. The molecule has 0 amide bonds. The van der Waals surface area contributed by atoms with Gasteiger partial charge in [-0.1, -0.05) is 36.4 Å². The third kappa shape index (κ3) is 3.31. The van der Waals surface area contributed by atoms with E-state index in [1.165, 1.54) is 23.3 Å². The number of benzene rings is 2. The minimum atomic E-state index is -0.185. The Balaban J connectivity index is 1.79. The lowest BCUT2D eigenvalue weighted by Crippen LogP contribution is -2.26. The second kappa shape index (κ2) is 6.37. The van der Waals surface area contributed by atoms with Crippen LogP contribution in [0.25, 0.3) is 0 Å². The van der Waals surface area contributed by atoms with Gasteiger partial charge in [0.2, 0.25) is 0 Å². The van der Waals surface area contributed by atoms with E-state index in [2.05, 4.69) is 41.8 Å². The van der Waals surface area contributed by atoms with E-state index in [1.54, 1.807) is 0 Å². The van der Waals surface area contributed by atoms with E-state index in [4.69, 9.17) is 0 Å². The van der Waals surface area contributed by atoms with E-state index in [9.17, 15) is 4.39 Å². The van der Waals surface area contributed by atoms with E-state index < -0.39 is 0 Å². The summed E-state index contributed by atoms with van der Waals surface area (Å²) in [5.74, 6) is -0.185. The molecule has 1 heterocycles. The number of hydrogen-bond donors (Lipinski definition) is 2. The molecule has 0 aliphatic carbocycles. The molecule has 0 aromatic heterocycles. The first-order chi connectivity index (χ1) is 10.2. The Kier molecular flexibility index (Phi) is 4.32. The summed E-state index contributed by atoms with van der Waals surface area (Å²) in [5.41, 5.74) is 3.85. The van der Waals surface area contributed by atoms with Crippen molar-refractivity contribution < 1.29 is 4.39 Å². The summed E-state index contributed by atoms with van der Waals surface area (Å²) >= 11 is 0. The number of hydrogen-bond acceptors (Lipinski definition) is 2. The van der Waals surface area contributed by atoms with E-state index in [-0.39, 0.29) is 11.9 Å². The molecule has 0 fully saturated rings. The van der Waals surface area contributed by atoms with Gasteiger partial charge in [0.15, 0.2) is 0 Å². The third-order valence-electron chi connectivity index (χ3n) is 4.18. The van der Waals surface area contributed by atoms with Crippen LogP contribution in [0.2, 0.25) is 0 Å². The summed E-state index contributed by atoms with van der Waals surface area (Å²) in [6, 6.07) is 15.9. The molecule has 3 heteroatoms. The van der Waals surface area contributed by atoms with Crippen molar-refractivity contribution in [2.45, 2.75) is 32.0 Å². The summed E-state index contributed by atoms with van der Waals surface area (Å²) in [7, 11) is 0. The quantitative estimate of drug-likeness (QED) is 0.898. The molecule has 1 aliphatic rings. The summed E-state index contributed by atoms with van der Waals surface area (Å²) in [4.78, 5) is 0. The Morgan fingerprint density at radius 2 is 1.90 bits per heavy atom.